The Morgan fingerprint density at radius 3 is 2.60 bits per heavy atom. The van der Waals surface area contributed by atoms with E-state index in [-0.39, 0.29) is 11.5 Å². The number of benzene rings is 2. The molecule has 2 aromatic carbocycles. The average molecular weight is 327 g/mol. The number of Topliss-reactive ketones (excluding diaryl/α,β-unsaturated/α-hetero) is 1. The fraction of sp³-hybridized carbons (Fsp3) is 0.0500. The lowest BCUT2D eigenvalue weighted by atomic mass is 9.94. The van der Waals surface area contributed by atoms with Gasteiger partial charge in [0.05, 0.1) is 11.3 Å². The van der Waals surface area contributed by atoms with E-state index >= 15 is 0 Å². The van der Waals surface area contributed by atoms with Gasteiger partial charge in [-0.2, -0.15) is 0 Å². The van der Waals surface area contributed by atoms with Crippen LogP contribution in [0.3, 0.4) is 0 Å². The van der Waals surface area contributed by atoms with E-state index in [4.69, 9.17) is 0 Å². The Morgan fingerprint density at radius 1 is 1.00 bits per heavy atom. The highest BCUT2D eigenvalue weighted by atomic mass is 16.3. The molecule has 0 fully saturated rings. The van der Waals surface area contributed by atoms with E-state index in [0.29, 0.717) is 22.7 Å². The number of phenols is 1. The number of rotatable bonds is 1. The van der Waals surface area contributed by atoms with Gasteiger partial charge < -0.3 is 5.11 Å². The second-order valence-electron chi connectivity index (χ2n) is 6.02. The minimum absolute atomic E-state index is 0.0513. The van der Waals surface area contributed by atoms with E-state index in [1.165, 1.54) is 0 Å². The first-order chi connectivity index (χ1) is 12.3. The van der Waals surface area contributed by atoms with Crippen LogP contribution in [0, 0.1) is 0 Å². The highest BCUT2D eigenvalue weighted by Crippen LogP contribution is 2.47. The second kappa shape index (κ2) is 5.01. The quantitative estimate of drug-likeness (QED) is 0.874. The van der Waals surface area contributed by atoms with Crippen LogP contribution in [0.15, 0.2) is 76.4 Å². The molecule has 120 valence electrons. The number of phenolic OH excluding ortho intramolecular Hbond substituents is 1. The molecule has 0 bridgehead atoms. The summed E-state index contributed by atoms with van der Waals surface area (Å²) < 4.78 is 0. The van der Waals surface area contributed by atoms with Gasteiger partial charge in [-0.25, -0.2) is 9.98 Å². The predicted molar refractivity (Wildman–Crippen MR) is 95.4 cm³/mol. The number of carbonyl (C=O) groups excluding carboxylic acids is 1. The van der Waals surface area contributed by atoms with Crippen LogP contribution in [0.5, 0.6) is 5.75 Å². The molecule has 1 N–H and O–H groups in total. The second-order valence-corrected chi connectivity index (χ2v) is 6.02. The molecule has 0 radical (unpaired) electrons. The first-order valence-electron chi connectivity index (χ1n) is 8.00. The van der Waals surface area contributed by atoms with Gasteiger partial charge in [-0.1, -0.05) is 42.5 Å². The molecule has 0 aromatic heterocycles. The third-order valence-electron chi connectivity index (χ3n) is 4.64. The number of guanidine groups is 1. The van der Waals surface area contributed by atoms with Crippen molar-refractivity contribution in [3.63, 3.8) is 0 Å². The van der Waals surface area contributed by atoms with Crippen LogP contribution >= 0.6 is 0 Å². The van der Waals surface area contributed by atoms with Gasteiger partial charge in [-0.15, -0.1) is 0 Å². The topological polar surface area (TPSA) is 65.3 Å². The summed E-state index contributed by atoms with van der Waals surface area (Å²) in [5, 5.41) is 10.3. The van der Waals surface area contributed by atoms with Crippen LogP contribution in [0.1, 0.15) is 27.5 Å². The molecule has 5 rings (SSSR count). The highest BCUT2D eigenvalue weighted by Gasteiger charge is 2.42. The first-order valence-corrected chi connectivity index (χ1v) is 8.00. The van der Waals surface area contributed by atoms with Crippen LogP contribution in [-0.2, 0) is 0 Å². The highest BCUT2D eigenvalue weighted by molar-refractivity contribution is 6.23. The predicted octanol–water partition coefficient (Wildman–Crippen LogP) is 3.31. The molecule has 0 spiro atoms. The zero-order valence-electron chi connectivity index (χ0n) is 13.1. The van der Waals surface area contributed by atoms with E-state index in [1.807, 2.05) is 47.5 Å². The SMILES string of the molecule is O=C1C2=C(c3ccccc31)N1C=CC=NC1=NC2c1ccccc1O. The summed E-state index contributed by atoms with van der Waals surface area (Å²) in [5.41, 5.74) is 3.51. The molecule has 5 heteroatoms. The molecular formula is C20H13N3O2. The lowest BCUT2D eigenvalue weighted by molar-refractivity contribution is 0.103. The molecule has 0 amide bonds. The van der Waals surface area contributed by atoms with Gasteiger partial charge in [-0.05, 0) is 12.1 Å². The molecule has 1 aliphatic carbocycles. The van der Waals surface area contributed by atoms with Crippen molar-refractivity contribution in [2.75, 3.05) is 0 Å². The van der Waals surface area contributed by atoms with E-state index in [9.17, 15) is 9.90 Å². The van der Waals surface area contributed by atoms with Crippen molar-refractivity contribution in [3.05, 3.63) is 83.1 Å². The molecule has 2 aromatic rings. The van der Waals surface area contributed by atoms with Gasteiger partial charge in [0, 0.05) is 29.1 Å². The number of nitrogens with zero attached hydrogens (tertiary/aromatic N) is 3. The van der Waals surface area contributed by atoms with Crippen LogP contribution < -0.4 is 0 Å². The zero-order valence-corrected chi connectivity index (χ0v) is 13.1. The third-order valence-corrected chi connectivity index (χ3v) is 4.64. The number of fused-ring (bicyclic) bond motifs is 4. The summed E-state index contributed by atoms with van der Waals surface area (Å²) in [6.07, 6.45) is 5.35. The van der Waals surface area contributed by atoms with E-state index in [1.54, 1.807) is 24.4 Å². The number of hydrogen-bond donors (Lipinski definition) is 1. The van der Waals surface area contributed by atoms with Gasteiger partial charge in [0.25, 0.3) is 0 Å². The normalized spacial score (nSPS) is 20.3. The van der Waals surface area contributed by atoms with Crippen molar-refractivity contribution < 1.29 is 9.90 Å². The number of para-hydroxylation sites is 1. The van der Waals surface area contributed by atoms with Gasteiger partial charge in [0.1, 0.15) is 11.8 Å². The summed E-state index contributed by atoms with van der Waals surface area (Å²) in [7, 11) is 0. The molecule has 2 aliphatic heterocycles. The van der Waals surface area contributed by atoms with Crippen molar-refractivity contribution in [1.82, 2.24) is 4.90 Å². The Labute approximate surface area is 144 Å². The summed E-state index contributed by atoms with van der Waals surface area (Å²) in [6.45, 7) is 0. The number of allylic oxidation sites excluding steroid dienone is 1. The van der Waals surface area contributed by atoms with E-state index in [2.05, 4.69) is 9.98 Å². The maximum absolute atomic E-state index is 13.1. The number of carbonyl (C=O) groups is 1. The third kappa shape index (κ3) is 1.86. The van der Waals surface area contributed by atoms with Crippen LogP contribution in [0.25, 0.3) is 5.70 Å². The largest absolute Gasteiger partial charge is 0.508 e. The minimum Gasteiger partial charge on any atom is -0.508 e. The lowest BCUT2D eigenvalue weighted by Gasteiger charge is -2.31. The van der Waals surface area contributed by atoms with Crippen LogP contribution in [-0.4, -0.2) is 28.0 Å². The monoisotopic (exact) mass is 327 g/mol. The summed E-state index contributed by atoms with van der Waals surface area (Å²) >= 11 is 0. The Kier molecular flexibility index (Phi) is 2.79. The minimum atomic E-state index is -0.578. The standard InChI is InChI=1S/C20H13N3O2/c24-15-9-4-3-8-14(15)17-16-18(23-11-5-10-21-20(23)22-17)12-6-1-2-7-13(12)19(16)25/h1-11,17,24H. The molecular weight excluding hydrogens is 314 g/mol. The maximum Gasteiger partial charge on any atom is 0.230 e. The van der Waals surface area contributed by atoms with Gasteiger partial charge in [0.15, 0.2) is 5.78 Å². The molecule has 5 nitrogen and oxygen atoms in total. The molecule has 0 saturated carbocycles. The van der Waals surface area contributed by atoms with Crippen molar-refractivity contribution in [3.8, 4) is 5.75 Å². The lowest BCUT2D eigenvalue weighted by Crippen LogP contribution is -2.30. The number of ketones is 1. The molecule has 2 heterocycles. The molecule has 1 atom stereocenters. The first kappa shape index (κ1) is 13.9. The van der Waals surface area contributed by atoms with Crippen molar-refractivity contribution in [2.45, 2.75) is 6.04 Å². The van der Waals surface area contributed by atoms with Crippen molar-refractivity contribution in [1.29, 1.82) is 0 Å². The molecule has 25 heavy (non-hydrogen) atoms. The summed E-state index contributed by atoms with van der Waals surface area (Å²) in [5.74, 6) is 0.583. The smallest absolute Gasteiger partial charge is 0.230 e. The number of aromatic hydroxyl groups is 1. The fourth-order valence-corrected chi connectivity index (χ4v) is 3.56. The Hall–Kier alpha value is -3.47. The Morgan fingerprint density at radius 2 is 1.76 bits per heavy atom. The van der Waals surface area contributed by atoms with Gasteiger partial charge in [0.2, 0.25) is 5.96 Å². The van der Waals surface area contributed by atoms with Crippen molar-refractivity contribution in [2.24, 2.45) is 9.98 Å². The van der Waals surface area contributed by atoms with Gasteiger partial charge >= 0.3 is 0 Å². The molecule has 0 saturated heterocycles. The van der Waals surface area contributed by atoms with Crippen LogP contribution in [0.2, 0.25) is 0 Å². The fourth-order valence-electron chi connectivity index (χ4n) is 3.56. The molecule has 3 aliphatic rings. The van der Waals surface area contributed by atoms with Gasteiger partial charge in [-0.3, -0.25) is 9.69 Å². The summed E-state index contributed by atoms with van der Waals surface area (Å²) in [6, 6.07) is 13.9. The van der Waals surface area contributed by atoms with Crippen LogP contribution in [0.4, 0.5) is 0 Å². The average Bonchev–Trinajstić information content (AvgIpc) is 2.96. The number of aliphatic imine (C=N–C) groups is 2. The number of hydrogen-bond acceptors (Lipinski definition) is 5. The molecule has 1 unspecified atom stereocenters. The zero-order chi connectivity index (χ0) is 17.0. The Bertz CT molecular complexity index is 1050. The summed E-state index contributed by atoms with van der Waals surface area (Å²) in [4.78, 5) is 24.0. The Balaban J connectivity index is 1.79. The maximum atomic E-state index is 13.1. The van der Waals surface area contributed by atoms with E-state index in [0.717, 1.165) is 11.3 Å². The van der Waals surface area contributed by atoms with Crippen molar-refractivity contribution >= 4 is 23.7 Å². The van der Waals surface area contributed by atoms with E-state index < -0.39 is 6.04 Å².